The number of phenolic OH excluding ortho intramolecular Hbond substituents is 1. The molecule has 3 unspecified atom stereocenters. The van der Waals surface area contributed by atoms with Gasteiger partial charge >= 0.3 is 6.01 Å². The van der Waals surface area contributed by atoms with E-state index < -0.39 is 0 Å². The smallest absolute Gasteiger partial charge is 0.318 e. The zero-order chi connectivity index (χ0) is 35.4. The maximum atomic E-state index is 15.4. The minimum Gasteiger partial charge on any atom is -0.508 e. The third-order valence-electron chi connectivity index (χ3n) is 11.3. The van der Waals surface area contributed by atoms with E-state index in [0.717, 1.165) is 94.4 Å². The first kappa shape index (κ1) is 36.1. The van der Waals surface area contributed by atoms with E-state index in [4.69, 9.17) is 19.7 Å². The Hall–Kier alpha value is -3.74. The van der Waals surface area contributed by atoms with Gasteiger partial charge in [-0.25, -0.2) is 4.39 Å². The third kappa shape index (κ3) is 7.48. The van der Waals surface area contributed by atoms with Crippen LogP contribution in [-0.4, -0.2) is 40.8 Å². The largest absolute Gasteiger partial charge is 0.508 e. The quantitative estimate of drug-likeness (QED) is 0.142. The van der Waals surface area contributed by atoms with Crippen molar-refractivity contribution < 1.29 is 14.2 Å². The van der Waals surface area contributed by atoms with Gasteiger partial charge in [-0.3, -0.25) is 4.99 Å². The van der Waals surface area contributed by atoms with E-state index in [9.17, 15) is 5.11 Å². The topological polar surface area (TPSA) is 70.8 Å². The van der Waals surface area contributed by atoms with Crippen molar-refractivity contribution in [1.29, 1.82) is 0 Å². The van der Waals surface area contributed by atoms with Gasteiger partial charge in [0.1, 0.15) is 17.4 Å². The minimum atomic E-state index is -0.237. The normalized spacial score (nSPS) is 19.1. The fourth-order valence-electron chi connectivity index (χ4n) is 8.05. The van der Waals surface area contributed by atoms with Crippen molar-refractivity contribution in [1.82, 2.24) is 9.97 Å². The Balaban J connectivity index is 1.61. The second-order valence-corrected chi connectivity index (χ2v) is 15.3. The predicted octanol–water partition coefficient (Wildman–Crippen LogP) is 9.83. The summed E-state index contributed by atoms with van der Waals surface area (Å²) in [5.74, 6) is 1.03. The molecule has 2 aliphatic heterocycles. The molecule has 1 fully saturated rings. The zero-order valence-electron chi connectivity index (χ0n) is 31.2. The van der Waals surface area contributed by atoms with Crippen LogP contribution in [0.4, 0.5) is 10.2 Å². The summed E-state index contributed by atoms with van der Waals surface area (Å²) in [7, 11) is 0. The monoisotopic (exact) mass is 680 g/mol. The summed E-state index contributed by atoms with van der Waals surface area (Å²) in [5, 5.41) is 15.5. The van der Waals surface area contributed by atoms with Gasteiger partial charge in [0.05, 0.1) is 28.9 Å². The Kier molecular flexibility index (Phi) is 11.3. The number of benzene rings is 3. The van der Waals surface area contributed by atoms with Crippen LogP contribution in [-0.2, 0) is 6.42 Å². The van der Waals surface area contributed by atoms with E-state index in [0.29, 0.717) is 24.6 Å². The fourth-order valence-corrected chi connectivity index (χ4v) is 8.05. The van der Waals surface area contributed by atoms with Gasteiger partial charge in [0.15, 0.2) is 0 Å². The Bertz CT molecular complexity index is 1950. The zero-order valence-corrected chi connectivity index (χ0v) is 31.2. The molecule has 3 aromatic carbocycles. The number of aromatic nitrogens is 2. The van der Waals surface area contributed by atoms with Crippen LogP contribution in [0.3, 0.4) is 0 Å². The highest BCUT2D eigenvalue weighted by Gasteiger charge is 2.28. The van der Waals surface area contributed by atoms with Crippen LogP contribution < -0.4 is 20.2 Å². The van der Waals surface area contributed by atoms with Crippen molar-refractivity contribution in [3.63, 3.8) is 0 Å². The van der Waals surface area contributed by atoms with Crippen LogP contribution in [0, 0.1) is 17.2 Å². The van der Waals surface area contributed by atoms with Crippen LogP contribution >= 0.6 is 0 Å². The highest BCUT2D eigenvalue weighted by molar-refractivity contribution is 6.03. The molecule has 1 saturated heterocycles. The number of aromatic hydroxyl groups is 1. The molecule has 7 heteroatoms. The highest BCUT2D eigenvalue weighted by Crippen LogP contribution is 2.38. The summed E-state index contributed by atoms with van der Waals surface area (Å²) >= 11 is 0. The van der Waals surface area contributed by atoms with Crippen LogP contribution in [0.1, 0.15) is 118 Å². The Morgan fingerprint density at radius 3 is 2.36 bits per heavy atom. The molecule has 0 radical (unpaired) electrons. The number of rotatable bonds is 13. The summed E-state index contributed by atoms with van der Waals surface area (Å²) in [5.41, 5.74) is 3.10. The van der Waals surface area contributed by atoms with E-state index in [1.54, 1.807) is 18.2 Å². The van der Waals surface area contributed by atoms with Crippen molar-refractivity contribution in [2.24, 2.45) is 16.3 Å². The Morgan fingerprint density at radius 2 is 1.64 bits per heavy atom. The lowest BCUT2D eigenvalue weighted by molar-refractivity contribution is 0.126. The molecule has 0 saturated carbocycles. The summed E-state index contributed by atoms with van der Waals surface area (Å²) in [4.78, 5) is 18.2. The van der Waals surface area contributed by atoms with Gasteiger partial charge < -0.3 is 14.7 Å². The van der Waals surface area contributed by atoms with Crippen LogP contribution in [0.5, 0.6) is 11.8 Å². The third-order valence-corrected chi connectivity index (χ3v) is 11.3. The highest BCUT2D eigenvalue weighted by atomic mass is 19.1. The summed E-state index contributed by atoms with van der Waals surface area (Å²) < 4.78 is 22.1. The van der Waals surface area contributed by atoms with Gasteiger partial charge in [-0.15, -0.1) is 0 Å². The number of aryl methyl sites for hydroxylation is 1. The maximum Gasteiger partial charge on any atom is 0.318 e. The SMILES string of the molecule is CCCCCC(C)(CCCC)COc1nc(N2CCCCCC2)c2c3c(c(-c4cc(O)cc5ccc(F)c(CC)c45)cc2n1)=NC(C)C(C)C=3. The first-order valence-corrected chi connectivity index (χ1v) is 19.4. The fraction of sp³-hybridized carbons (Fsp3) is 0.558. The standard InChI is InChI=1S/C43H57FN4O2/c1-7-10-14-20-43(6,19-11-8-2)27-50-42-46-37-26-34(33-25-31(49)24-30-17-18-36(44)32(9-3)38(30)33)40-35(23-28(4)29(5)45-40)39(37)41(47-42)48-21-15-12-13-16-22-48/h17-18,23-26,28-29,49H,7-16,19-22,27H2,1-6H3. The molecule has 3 atom stereocenters. The molecule has 1 N–H and O–H groups in total. The first-order valence-electron chi connectivity index (χ1n) is 19.4. The van der Waals surface area contributed by atoms with Gasteiger partial charge in [0.25, 0.3) is 0 Å². The summed E-state index contributed by atoms with van der Waals surface area (Å²) in [6, 6.07) is 9.32. The van der Waals surface area contributed by atoms with E-state index in [1.165, 1.54) is 44.6 Å². The molecular weight excluding hydrogens is 623 g/mol. The van der Waals surface area contributed by atoms with Crippen LogP contribution in [0.2, 0.25) is 0 Å². The van der Waals surface area contributed by atoms with Gasteiger partial charge in [0.2, 0.25) is 0 Å². The number of unbranched alkanes of at least 4 members (excludes halogenated alkanes) is 3. The van der Waals surface area contributed by atoms with Crippen LogP contribution in [0.25, 0.3) is 38.9 Å². The molecular formula is C43H57FN4O2. The number of hydrogen-bond donors (Lipinski definition) is 1. The molecule has 0 aliphatic carbocycles. The van der Waals surface area contributed by atoms with Crippen molar-refractivity contribution >= 4 is 33.6 Å². The summed E-state index contributed by atoms with van der Waals surface area (Å²) in [6.07, 6.45) is 15.7. The second-order valence-electron chi connectivity index (χ2n) is 15.3. The summed E-state index contributed by atoms with van der Waals surface area (Å²) in [6.45, 7) is 15.7. The number of nitrogens with zero attached hydrogens (tertiary/aromatic N) is 4. The van der Waals surface area contributed by atoms with E-state index in [1.807, 2.05) is 6.92 Å². The number of ether oxygens (including phenoxy) is 1. The molecule has 4 aromatic rings. The number of phenols is 1. The Labute approximate surface area is 297 Å². The molecule has 0 amide bonds. The number of halogens is 1. The van der Waals surface area contributed by atoms with Crippen molar-refractivity contribution in [2.45, 2.75) is 125 Å². The predicted molar refractivity (Wildman–Crippen MR) is 205 cm³/mol. The number of hydrogen-bond acceptors (Lipinski definition) is 6. The molecule has 3 heterocycles. The Morgan fingerprint density at radius 1 is 0.900 bits per heavy atom. The van der Waals surface area contributed by atoms with Gasteiger partial charge in [-0.1, -0.05) is 91.7 Å². The van der Waals surface area contributed by atoms with Gasteiger partial charge in [-0.2, -0.15) is 9.97 Å². The first-order chi connectivity index (χ1) is 24.2. The van der Waals surface area contributed by atoms with Crippen molar-refractivity contribution in [2.75, 3.05) is 24.6 Å². The van der Waals surface area contributed by atoms with Crippen LogP contribution in [0.15, 0.2) is 35.3 Å². The molecule has 268 valence electrons. The average Bonchev–Trinajstić information content (AvgIpc) is 3.40. The lowest BCUT2D eigenvalue weighted by atomic mass is 9.81. The molecule has 50 heavy (non-hydrogen) atoms. The molecule has 6 rings (SSSR count). The molecule has 0 spiro atoms. The maximum absolute atomic E-state index is 15.4. The van der Waals surface area contributed by atoms with Crippen molar-refractivity contribution in [3.8, 4) is 22.9 Å². The second kappa shape index (κ2) is 15.7. The number of anilines is 1. The van der Waals surface area contributed by atoms with Crippen molar-refractivity contribution in [3.05, 3.63) is 52.3 Å². The molecule has 6 nitrogen and oxygen atoms in total. The molecule has 1 aromatic heterocycles. The molecule has 0 bridgehead atoms. The van der Waals surface area contributed by atoms with E-state index in [-0.39, 0.29) is 28.9 Å². The lowest BCUT2D eigenvalue weighted by Crippen LogP contribution is -2.38. The van der Waals surface area contributed by atoms with E-state index in [2.05, 4.69) is 51.7 Å². The lowest BCUT2D eigenvalue weighted by Gasteiger charge is -2.30. The molecule has 2 aliphatic rings. The van der Waals surface area contributed by atoms with E-state index >= 15 is 4.39 Å². The number of fused-ring (bicyclic) bond motifs is 4. The average molecular weight is 681 g/mol. The van der Waals surface area contributed by atoms with Gasteiger partial charge in [0, 0.05) is 29.3 Å². The minimum absolute atomic E-state index is 0.0482. The van der Waals surface area contributed by atoms with Gasteiger partial charge in [-0.05, 0) is 91.1 Å².